The Morgan fingerprint density at radius 2 is 2.16 bits per heavy atom. The number of aromatic nitrogens is 2. The number of hydrogen-bond acceptors (Lipinski definition) is 7. The van der Waals surface area contributed by atoms with Crippen molar-refractivity contribution in [1.29, 1.82) is 0 Å². The highest BCUT2D eigenvalue weighted by Crippen LogP contribution is 2.42. The van der Waals surface area contributed by atoms with E-state index in [1.165, 1.54) is 35.9 Å². The number of anilines is 1. The summed E-state index contributed by atoms with van der Waals surface area (Å²) >= 11 is 2.66. The molecule has 3 heterocycles. The summed E-state index contributed by atoms with van der Waals surface area (Å²) in [6.45, 7) is 3.06. The molecule has 1 aromatic heterocycles. The van der Waals surface area contributed by atoms with Gasteiger partial charge in [0.1, 0.15) is 0 Å². The molecule has 2 aliphatic heterocycles. The summed E-state index contributed by atoms with van der Waals surface area (Å²) in [5, 5.41) is 8.10. The number of carbonyl (C=O) groups excluding carboxylic acids is 2. The van der Waals surface area contributed by atoms with Gasteiger partial charge in [-0.05, 0) is 38.0 Å². The number of nitrogens with two attached hydrogens (primary N) is 1. The zero-order valence-corrected chi connectivity index (χ0v) is 15.8. The van der Waals surface area contributed by atoms with Crippen molar-refractivity contribution in [3.63, 3.8) is 0 Å². The van der Waals surface area contributed by atoms with E-state index >= 15 is 0 Å². The predicted octanol–water partition coefficient (Wildman–Crippen LogP) is 1.46. The van der Waals surface area contributed by atoms with Crippen LogP contribution in [0.5, 0.6) is 0 Å². The second-order valence-electron chi connectivity index (χ2n) is 7.34. The molecule has 136 valence electrons. The van der Waals surface area contributed by atoms with Crippen LogP contribution in [0.15, 0.2) is 4.34 Å². The van der Waals surface area contributed by atoms with Crippen molar-refractivity contribution in [2.45, 2.75) is 36.4 Å². The first-order valence-electron chi connectivity index (χ1n) is 8.85. The van der Waals surface area contributed by atoms with E-state index in [9.17, 15) is 9.59 Å². The third-order valence-corrected chi connectivity index (χ3v) is 7.32. The van der Waals surface area contributed by atoms with Gasteiger partial charge in [-0.15, -0.1) is 10.2 Å². The lowest BCUT2D eigenvalue weighted by molar-refractivity contribution is -0.146. The molecule has 0 aromatic carbocycles. The van der Waals surface area contributed by atoms with Crippen molar-refractivity contribution >= 4 is 40.0 Å². The van der Waals surface area contributed by atoms with Crippen molar-refractivity contribution < 1.29 is 9.59 Å². The maximum atomic E-state index is 13.0. The number of piperidine rings is 1. The highest BCUT2D eigenvalue weighted by molar-refractivity contribution is 8.01. The van der Waals surface area contributed by atoms with Crippen molar-refractivity contribution in [2.24, 2.45) is 11.3 Å². The molecule has 1 saturated carbocycles. The summed E-state index contributed by atoms with van der Waals surface area (Å²) < 4.78 is 0.712. The van der Waals surface area contributed by atoms with Gasteiger partial charge < -0.3 is 15.5 Å². The molecule has 25 heavy (non-hydrogen) atoms. The fourth-order valence-electron chi connectivity index (χ4n) is 3.90. The second-order valence-corrected chi connectivity index (χ2v) is 9.57. The molecule has 9 heteroatoms. The Kier molecular flexibility index (Phi) is 4.61. The lowest BCUT2D eigenvalue weighted by Crippen LogP contribution is -2.51. The molecular weight excluding hydrogens is 358 g/mol. The molecule has 2 saturated heterocycles. The molecule has 3 fully saturated rings. The van der Waals surface area contributed by atoms with E-state index in [1.807, 2.05) is 4.90 Å². The maximum absolute atomic E-state index is 13.0. The summed E-state index contributed by atoms with van der Waals surface area (Å²) in [6.07, 6.45) is 5.29. The molecule has 1 atom stereocenters. The Morgan fingerprint density at radius 1 is 1.32 bits per heavy atom. The lowest BCUT2D eigenvalue weighted by atomic mass is 9.78. The summed E-state index contributed by atoms with van der Waals surface area (Å²) in [5.41, 5.74) is 5.23. The van der Waals surface area contributed by atoms with Gasteiger partial charge in [-0.3, -0.25) is 9.59 Å². The highest BCUT2D eigenvalue weighted by Gasteiger charge is 2.49. The van der Waals surface area contributed by atoms with Crippen LogP contribution in [0.1, 0.15) is 32.1 Å². The second kappa shape index (κ2) is 6.75. The minimum Gasteiger partial charge on any atom is -0.374 e. The first-order valence-corrected chi connectivity index (χ1v) is 10.6. The number of hydrogen-bond donors (Lipinski definition) is 1. The van der Waals surface area contributed by atoms with Crippen LogP contribution in [0.4, 0.5) is 5.13 Å². The number of thioether (sulfide) groups is 1. The maximum Gasteiger partial charge on any atom is 0.233 e. The number of nitrogens with zero attached hydrogens (tertiary/aromatic N) is 4. The van der Waals surface area contributed by atoms with Gasteiger partial charge in [0.25, 0.3) is 0 Å². The van der Waals surface area contributed by atoms with Crippen molar-refractivity contribution in [1.82, 2.24) is 20.0 Å². The molecule has 1 spiro atoms. The monoisotopic (exact) mass is 381 g/mol. The number of nitrogen functional groups attached to an aromatic ring is 1. The summed E-state index contributed by atoms with van der Waals surface area (Å²) in [7, 11) is 0. The van der Waals surface area contributed by atoms with E-state index < -0.39 is 0 Å². The molecule has 1 aromatic rings. The number of carbonyl (C=O) groups is 2. The highest BCUT2D eigenvalue weighted by atomic mass is 32.2. The van der Waals surface area contributed by atoms with Gasteiger partial charge in [-0.25, -0.2) is 0 Å². The fraction of sp³-hybridized carbons (Fsp3) is 0.750. The smallest absolute Gasteiger partial charge is 0.233 e. The number of rotatable bonds is 5. The number of likely N-dealkylation sites (tertiary alicyclic amines) is 2. The molecule has 2 N–H and O–H groups in total. The van der Waals surface area contributed by atoms with Gasteiger partial charge in [0.05, 0.1) is 11.2 Å². The third-order valence-electron chi connectivity index (χ3n) is 5.45. The lowest BCUT2D eigenvalue weighted by Gasteiger charge is -2.39. The summed E-state index contributed by atoms with van der Waals surface area (Å²) in [4.78, 5) is 29.5. The molecule has 0 bridgehead atoms. The topological polar surface area (TPSA) is 92.4 Å². The quantitative estimate of drug-likeness (QED) is 0.777. The van der Waals surface area contributed by atoms with E-state index in [4.69, 9.17) is 5.73 Å². The Hall–Kier alpha value is -1.35. The molecule has 2 amide bonds. The van der Waals surface area contributed by atoms with Crippen molar-refractivity contribution in [3.8, 4) is 0 Å². The van der Waals surface area contributed by atoms with Crippen LogP contribution in [0.3, 0.4) is 0 Å². The van der Waals surface area contributed by atoms with E-state index in [0.717, 1.165) is 32.4 Å². The van der Waals surface area contributed by atoms with Crippen LogP contribution in [0.2, 0.25) is 0 Å². The molecule has 3 aliphatic rings. The Labute approximate surface area is 155 Å². The molecule has 1 aliphatic carbocycles. The predicted molar refractivity (Wildman–Crippen MR) is 97.2 cm³/mol. The van der Waals surface area contributed by atoms with Gasteiger partial charge in [0, 0.05) is 26.2 Å². The third kappa shape index (κ3) is 3.62. The fourth-order valence-corrected chi connectivity index (χ4v) is 5.43. The molecule has 4 rings (SSSR count). The standard InChI is InChI=1S/C16H23N5O2S2/c17-14-18-19-15(25-14)24-9-12(22)21-7-5-16(10-21)4-1-6-20(13(16)23)8-11-2-3-11/h11H,1-10H2,(H2,17,18)/t16-/m0/s1. The minimum absolute atomic E-state index is 0.0720. The van der Waals surface area contributed by atoms with Crippen LogP contribution in [-0.4, -0.2) is 63.7 Å². The van der Waals surface area contributed by atoms with Crippen LogP contribution in [-0.2, 0) is 9.59 Å². The van der Waals surface area contributed by atoms with Crippen LogP contribution in [0.25, 0.3) is 0 Å². The molecular formula is C16H23N5O2S2. The van der Waals surface area contributed by atoms with Gasteiger partial charge in [0.2, 0.25) is 16.9 Å². The molecule has 0 unspecified atom stereocenters. The van der Waals surface area contributed by atoms with E-state index in [0.29, 0.717) is 34.2 Å². The van der Waals surface area contributed by atoms with E-state index in [-0.39, 0.29) is 17.2 Å². The van der Waals surface area contributed by atoms with Gasteiger partial charge >= 0.3 is 0 Å². The first-order chi connectivity index (χ1) is 12.1. The summed E-state index contributed by atoms with van der Waals surface area (Å²) in [5.74, 6) is 1.40. The Morgan fingerprint density at radius 3 is 2.88 bits per heavy atom. The van der Waals surface area contributed by atoms with Crippen molar-refractivity contribution in [3.05, 3.63) is 0 Å². The average molecular weight is 382 g/mol. The molecule has 7 nitrogen and oxygen atoms in total. The SMILES string of the molecule is Nc1nnc(SCC(=O)N2CC[C@@]3(CCCN(CC4CC4)C3=O)C2)s1. The largest absolute Gasteiger partial charge is 0.374 e. The molecule has 0 radical (unpaired) electrons. The van der Waals surface area contributed by atoms with Gasteiger partial charge in [-0.2, -0.15) is 0 Å². The zero-order chi connectivity index (χ0) is 17.4. The average Bonchev–Trinajstić information content (AvgIpc) is 3.15. The normalized spacial score (nSPS) is 26.6. The zero-order valence-electron chi connectivity index (χ0n) is 14.1. The number of amides is 2. The van der Waals surface area contributed by atoms with Gasteiger partial charge in [0.15, 0.2) is 4.34 Å². The van der Waals surface area contributed by atoms with E-state index in [2.05, 4.69) is 15.1 Å². The van der Waals surface area contributed by atoms with Gasteiger partial charge in [-0.1, -0.05) is 23.1 Å². The Balaban J connectivity index is 1.34. The summed E-state index contributed by atoms with van der Waals surface area (Å²) in [6, 6.07) is 0. The van der Waals surface area contributed by atoms with Crippen molar-refractivity contribution in [2.75, 3.05) is 37.7 Å². The van der Waals surface area contributed by atoms with Crippen LogP contribution in [0, 0.1) is 11.3 Å². The van der Waals surface area contributed by atoms with Crippen LogP contribution < -0.4 is 5.73 Å². The van der Waals surface area contributed by atoms with E-state index in [1.54, 1.807) is 0 Å². The Bertz CT molecular complexity index is 677. The minimum atomic E-state index is -0.333. The van der Waals surface area contributed by atoms with Crippen LogP contribution >= 0.6 is 23.1 Å². The first kappa shape index (κ1) is 17.1.